The summed E-state index contributed by atoms with van der Waals surface area (Å²) in [6, 6.07) is 7.35. The van der Waals surface area contributed by atoms with E-state index < -0.39 is 0 Å². The lowest BCUT2D eigenvalue weighted by molar-refractivity contribution is 0.0992. The first-order valence-electron chi connectivity index (χ1n) is 6.30. The average molecular weight is 321 g/mol. The molecule has 0 N–H and O–H groups in total. The van der Waals surface area contributed by atoms with E-state index in [1.165, 1.54) is 11.3 Å². The molecule has 2 aromatic heterocycles. The zero-order chi connectivity index (χ0) is 15.1. The number of carbonyl (C=O) groups excluding carboxylic acids is 1. The van der Waals surface area contributed by atoms with Crippen LogP contribution in [0.2, 0.25) is 5.02 Å². The number of amides is 1. The Balaban J connectivity index is 2.11. The number of aromatic nitrogens is 3. The van der Waals surface area contributed by atoms with E-state index in [-0.39, 0.29) is 5.91 Å². The molecule has 3 aromatic rings. The third-order valence-corrected chi connectivity index (χ3v) is 4.63. The fraction of sp³-hybridized carbons (Fsp3) is 0.214. The Kier molecular flexibility index (Phi) is 3.43. The van der Waals surface area contributed by atoms with Crippen LogP contribution in [0.4, 0.5) is 0 Å². The number of fused-ring (bicyclic) bond motifs is 1. The number of rotatable bonds is 1. The summed E-state index contributed by atoms with van der Waals surface area (Å²) >= 11 is 7.42. The van der Waals surface area contributed by atoms with Crippen molar-refractivity contribution >= 4 is 39.1 Å². The van der Waals surface area contributed by atoms with Crippen LogP contribution >= 0.6 is 22.9 Å². The Morgan fingerprint density at radius 1 is 1.33 bits per heavy atom. The Bertz CT molecular complexity index is 899. The summed E-state index contributed by atoms with van der Waals surface area (Å²) in [5.74, 6) is -0.341. The monoisotopic (exact) mass is 320 g/mol. The highest BCUT2D eigenvalue weighted by molar-refractivity contribution is 7.16. The third-order valence-electron chi connectivity index (χ3n) is 3.30. The van der Waals surface area contributed by atoms with Gasteiger partial charge in [-0.15, -0.1) is 0 Å². The smallest absolute Gasteiger partial charge is 0.300 e. The van der Waals surface area contributed by atoms with Gasteiger partial charge < -0.3 is 4.57 Å². The quantitative estimate of drug-likeness (QED) is 0.692. The second-order valence-corrected chi connectivity index (χ2v) is 6.21. The van der Waals surface area contributed by atoms with Gasteiger partial charge in [-0.05, 0) is 31.2 Å². The second-order valence-electron chi connectivity index (χ2n) is 4.77. The highest BCUT2D eigenvalue weighted by Crippen LogP contribution is 2.21. The predicted octanol–water partition coefficient (Wildman–Crippen LogP) is 2.68. The van der Waals surface area contributed by atoms with Crippen LogP contribution in [-0.2, 0) is 14.1 Å². The lowest BCUT2D eigenvalue weighted by Gasteiger charge is -1.94. The molecule has 5 nitrogen and oxygen atoms in total. The number of aryl methyl sites for hydroxylation is 3. The van der Waals surface area contributed by atoms with Crippen LogP contribution in [0.1, 0.15) is 16.2 Å². The second kappa shape index (κ2) is 5.13. The zero-order valence-electron chi connectivity index (χ0n) is 11.8. The minimum Gasteiger partial charge on any atom is -0.319 e. The molecule has 21 heavy (non-hydrogen) atoms. The number of nitrogens with zero attached hydrogens (tertiary/aromatic N) is 4. The van der Waals surface area contributed by atoms with Crippen molar-refractivity contribution in [2.24, 2.45) is 19.1 Å². The average Bonchev–Trinajstić information content (AvgIpc) is 2.91. The lowest BCUT2D eigenvalue weighted by Crippen LogP contribution is -2.13. The summed E-state index contributed by atoms with van der Waals surface area (Å²) in [5.41, 5.74) is 2.26. The largest absolute Gasteiger partial charge is 0.319 e. The molecular formula is C14H13ClN4OS. The molecule has 0 saturated heterocycles. The van der Waals surface area contributed by atoms with Crippen molar-refractivity contribution in [3.63, 3.8) is 0 Å². The molecule has 0 spiro atoms. The van der Waals surface area contributed by atoms with Crippen LogP contribution in [0.5, 0.6) is 0 Å². The number of benzene rings is 1. The van der Waals surface area contributed by atoms with Gasteiger partial charge >= 0.3 is 0 Å². The van der Waals surface area contributed by atoms with E-state index in [0.717, 1.165) is 15.9 Å². The van der Waals surface area contributed by atoms with Gasteiger partial charge in [-0.3, -0.25) is 9.48 Å². The molecule has 2 heterocycles. The fourth-order valence-electron chi connectivity index (χ4n) is 2.02. The molecule has 0 aliphatic rings. The highest BCUT2D eigenvalue weighted by atomic mass is 35.5. The van der Waals surface area contributed by atoms with Gasteiger partial charge in [0.15, 0.2) is 10.5 Å². The van der Waals surface area contributed by atoms with Gasteiger partial charge in [0.05, 0.1) is 10.2 Å². The first-order chi connectivity index (χ1) is 9.95. The minimum absolute atomic E-state index is 0.341. The number of hydrogen-bond donors (Lipinski definition) is 0. The van der Waals surface area contributed by atoms with Gasteiger partial charge in [0.25, 0.3) is 5.91 Å². The van der Waals surface area contributed by atoms with Gasteiger partial charge in [0.1, 0.15) is 0 Å². The molecule has 3 rings (SSSR count). The van der Waals surface area contributed by atoms with Crippen LogP contribution in [0.25, 0.3) is 10.2 Å². The van der Waals surface area contributed by atoms with Gasteiger partial charge in [-0.1, -0.05) is 22.9 Å². The lowest BCUT2D eigenvalue weighted by atomic mass is 10.3. The topological polar surface area (TPSA) is 52.2 Å². The van der Waals surface area contributed by atoms with Crippen molar-refractivity contribution in [1.29, 1.82) is 0 Å². The molecule has 1 amide bonds. The van der Waals surface area contributed by atoms with E-state index in [9.17, 15) is 4.79 Å². The van der Waals surface area contributed by atoms with E-state index >= 15 is 0 Å². The Hall–Kier alpha value is -1.92. The summed E-state index contributed by atoms with van der Waals surface area (Å²) in [4.78, 5) is 17.0. The van der Waals surface area contributed by atoms with Crippen molar-refractivity contribution in [3.8, 4) is 0 Å². The van der Waals surface area contributed by atoms with Crippen molar-refractivity contribution in [2.45, 2.75) is 6.92 Å². The summed E-state index contributed by atoms with van der Waals surface area (Å²) < 4.78 is 4.53. The zero-order valence-corrected chi connectivity index (χ0v) is 13.4. The van der Waals surface area contributed by atoms with Crippen LogP contribution in [0.3, 0.4) is 0 Å². The predicted molar refractivity (Wildman–Crippen MR) is 83.6 cm³/mol. The van der Waals surface area contributed by atoms with E-state index in [1.54, 1.807) is 17.8 Å². The maximum Gasteiger partial charge on any atom is 0.300 e. The maximum absolute atomic E-state index is 12.2. The van der Waals surface area contributed by atoms with Crippen molar-refractivity contribution in [2.75, 3.05) is 0 Å². The van der Waals surface area contributed by atoms with Crippen LogP contribution < -0.4 is 4.80 Å². The summed E-state index contributed by atoms with van der Waals surface area (Å²) in [7, 11) is 3.68. The van der Waals surface area contributed by atoms with E-state index in [1.807, 2.05) is 36.7 Å². The van der Waals surface area contributed by atoms with Crippen molar-refractivity contribution < 1.29 is 4.79 Å². The molecule has 0 fully saturated rings. The third kappa shape index (κ3) is 2.52. The van der Waals surface area contributed by atoms with E-state index in [2.05, 4.69) is 10.1 Å². The molecule has 108 valence electrons. The molecule has 0 radical (unpaired) electrons. The Morgan fingerprint density at radius 3 is 2.76 bits per heavy atom. The van der Waals surface area contributed by atoms with E-state index in [0.29, 0.717) is 15.5 Å². The van der Waals surface area contributed by atoms with E-state index in [4.69, 9.17) is 11.6 Å². The molecule has 0 atom stereocenters. The molecule has 0 aliphatic heterocycles. The molecule has 1 aromatic carbocycles. The van der Waals surface area contributed by atoms with Gasteiger partial charge in [-0.2, -0.15) is 10.1 Å². The normalized spacial score (nSPS) is 12.3. The SMILES string of the molecule is Cc1cc(C(=O)N=c2sc3cc(Cl)ccc3n2C)nn1C. The number of hydrogen-bond acceptors (Lipinski definition) is 3. The minimum atomic E-state index is -0.341. The Morgan fingerprint density at radius 2 is 2.10 bits per heavy atom. The van der Waals surface area contributed by atoms with Crippen LogP contribution in [0.15, 0.2) is 29.3 Å². The number of thiazole rings is 1. The number of halogens is 1. The number of carbonyl (C=O) groups is 1. The summed E-state index contributed by atoms with van der Waals surface area (Å²) in [6.07, 6.45) is 0. The highest BCUT2D eigenvalue weighted by Gasteiger charge is 2.11. The van der Waals surface area contributed by atoms with Crippen molar-refractivity contribution in [1.82, 2.24) is 14.3 Å². The van der Waals surface area contributed by atoms with Gasteiger partial charge in [-0.25, -0.2) is 0 Å². The first kappa shape index (κ1) is 14.0. The fourth-order valence-corrected chi connectivity index (χ4v) is 3.32. The standard InChI is InChI=1S/C14H13ClN4OS/c1-8-6-10(17-19(8)3)13(20)16-14-18(2)11-5-4-9(15)7-12(11)21-14/h4-7H,1-3H3. The summed E-state index contributed by atoms with van der Waals surface area (Å²) in [5, 5.41) is 4.82. The Labute approximate surface area is 130 Å². The van der Waals surface area contributed by atoms with Crippen LogP contribution in [-0.4, -0.2) is 20.3 Å². The molecule has 0 aliphatic carbocycles. The molecule has 0 unspecified atom stereocenters. The van der Waals surface area contributed by atoms with Gasteiger partial charge in [0.2, 0.25) is 0 Å². The van der Waals surface area contributed by atoms with Crippen LogP contribution in [0, 0.1) is 6.92 Å². The summed E-state index contributed by atoms with van der Waals surface area (Å²) in [6.45, 7) is 1.89. The first-order valence-corrected chi connectivity index (χ1v) is 7.50. The molecule has 0 bridgehead atoms. The molecule has 0 saturated carbocycles. The molecule has 7 heteroatoms. The van der Waals surface area contributed by atoms with Gasteiger partial charge in [0, 0.05) is 24.8 Å². The maximum atomic E-state index is 12.2. The van der Waals surface area contributed by atoms with Crippen molar-refractivity contribution in [3.05, 3.63) is 45.5 Å². The molecular weight excluding hydrogens is 308 g/mol.